The molecule has 7 nitrogen and oxygen atoms in total. The third-order valence-corrected chi connectivity index (χ3v) is 4.61. The molecule has 0 radical (unpaired) electrons. The number of esters is 1. The highest BCUT2D eigenvalue weighted by Crippen LogP contribution is 2.24. The molecule has 3 aromatic rings. The van der Waals surface area contributed by atoms with Crippen LogP contribution in [0.2, 0.25) is 0 Å². The predicted octanol–water partition coefficient (Wildman–Crippen LogP) is 3.04. The second-order valence-corrected chi connectivity index (χ2v) is 6.25. The van der Waals surface area contributed by atoms with E-state index >= 15 is 0 Å². The van der Waals surface area contributed by atoms with Gasteiger partial charge in [-0.25, -0.2) is 9.78 Å². The summed E-state index contributed by atoms with van der Waals surface area (Å²) in [5, 5.41) is 0.152. The maximum atomic E-state index is 12.7. The largest absolute Gasteiger partial charge is 0.457 e. The fourth-order valence-corrected chi connectivity index (χ4v) is 3.15. The van der Waals surface area contributed by atoms with Crippen LogP contribution in [-0.2, 0) is 18.4 Å². The topological polar surface area (TPSA) is 77.6 Å². The fourth-order valence-electron chi connectivity index (χ4n) is 3.15. The van der Waals surface area contributed by atoms with Crippen LogP contribution in [0.15, 0.2) is 39.8 Å². The highest BCUT2D eigenvalue weighted by atomic mass is 16.5. The van der Waals surface area contributed by atoms with Gasteiger partial charge >= 0.3 is 5.97 Å². The van der Waals surface area contributed by atoms with Crippen molar-refractivity contribution < 1.29 is 13.9 Å². The van der Waals surface area contributed by atoms with Crippen LogP contribution in [0.3, 0.4) is 0 Å². The number of rotatable bonds is 6. The van der Waals surface area contributed by atoms with E-state index in [-0.39, 0.29) is 28.8 Å². The smallest absolute Gasteiger partial charge is 0.342 e. The molecule has 0 fully saturated rings. The summed E-state index contributed by atoms with van der Waals surface area (Å²) in [4.78, 5) is 31.4. The molecule has 0 N–H and O–H groups in total. The minimum Gasteiger partial charge on any atom is -0.457 e. The molecule has 0 aliphatic carbocycles. The average Bonchev–Trinajstić information content (AvgIpc) is 3.01. The molecule has 2 aromatic heterocycles. The Hall–Kier alpha value is -3.09. The van der Waals surface area contributed by atoms with Crippen LogP contribution in [0.1, 0.15) is 35.5 Å². The van der Waals surface area contributed by atoms with E-state index in [1.807, 2.05) is 24.3 Å². The minimum absolute atomic E-state index is 0.109. The molecule has 0 amide bonds. The molecule has 2 heterocycles. The van der Waals surface area contributed by atoms with Gasteiger partial charge in [0.2, 0.25) is 5.71 Å². The van der Waals surface area contributed by atoms with E-state index in [4.69, 9.17) is 9.15 Å². The number of anilines is 1. The Labute approximate surface area is 157 Å². The first-order chi connectivity index (χ1) is 13.0. The molecule has 0 saturated carbocycles. The molecule has 3 rings (SSSR count). The van der Waals surface area contributed by atoms with E-state index in [0.717, 1.165) is 24.3 Å². The van der Waals surface area contributed by atoms with Crippen molar-refractivity contribution in [3.05, 3.63) is 57.8 Å². The molecule has 7 heteroatoms. The zero-order valence-electron chi connectivity index (χ0n) is 16.0. The van der Waals surface area contributed by atoms with E-state index < -0.39 is 5.97 Å². The summed E-state index contributed by atoms with van der Waals surface area (Å²) in [6.07, 6.45) is 1.36. The lowest BCUT2D eigenvalue weighted by Crippen LogP contribution is -2.23. The Kier molecular flexibility index (Phi) is 5.30. The Morgan fingerprint density at radius 1 is 1.26 bits per heavy atom. The number of hydrogen-bond donors (Lipinski definition) is 0. The lowest BCUT2D eigenvalue weighted by Gasteiger charge is -2.24. The molecule has 0 aliphatic rings. The van der Waals surface area contributed by atoms with Crippen LogP contribution in [0.4, 0.5) is 5.69 Å². The van der Waals surface area contributed by atoms with Gasteiger partial charge in [0, 0.05) is 31.4 Å². The Bertz CT molecular complexity index is 1030. The number of fused-ring (bicyclic) bond motifs is 1. The number of para-hydroxylation sites is 1. The fraction of sp³-hybridized carbons (Fsp3) is 0.350. The minimum atomic E-state index is -0.592. The third kappa shape index (κ3) is 3.45. The number of aryl methyl sites for hydroxylation is 2. The van der Waals surface area contributed by atoms with E-state index in [2.05, 4.69) is 23.7 Å². The van der Waals surface area contributed by atoms with Crippen LogP contribution < -0.4 is 10.5 Å². The first kappa shape index (κ1) is 18.7. The maximum Gasteiger partial charge on any atom is 0.342 e. The van der Waals surface area contributed by atoms with Gasteiger partial charge in [-0.2, -0.15) is 0 Å². The van der Waals surface area contributed by atoms with E-state index in [1.165, 1.54) is 10.9 Å². The van der Waals surface area contributed by atoms with Gasteiger partial charge in [0.25, 0.3) is 5.56 Å². The molecule has 1 aromatic carbocycles. The number of benzene rings is 1. The summed E-state index contributed by atoms with van der Waals surface area (Å²) < 4.78 is 12.3. The SMILES string of the molecule is CCN(CC)c1ccccc1COC(=O)c1c(C)oc2ncn(C)c(=O)c12. The van der Waals surface area contributed by atoms with Gasteiger partial charge in [0.1, 0.15) is 29.6 Å². The molecule has 0 aliphatic heterocycles. The number of aromatic nitrogens is 2. The summed E-state index contributed by atoms with van der Waals surface area (Å²) in [5.41, 5.74) is 1.88. The quantitative estimate of drug-likeness (QED) is 0.622. The van der Waals surface area contributed by atoms with Crippen molar-refractivity contribution in [3.8, 4) is 0 Å². The van der Waals surface area contributed by atoms with E-state index in [0.29, 0.717) is 5.76 Å². The van der Waals surface area contributed by atoms with Crippen LogP contribution >= 0.6 is 0 Å². The van der Waals surface area contributed by atoms with Crippen molar-refractivity contribution in [1.82, 2.24) is 9.55 Å². The predicted molar refractivity (Wildman–Crippen MR) is 103 cm³/mol. The molecule has 0 spiro atoms. The molecule has 142 valence electrons. The van der Waals surface area contributed by atoms with Crippen molar-refractivity contribution in [2.75, 3.05) is 18.0 Å². The Morgan fingerprint density at radius 2 is 1.96 bits per heavy atom. The summed E-state index contributed by atoms with van der Waals surface area (Å²) in [5.74, 6) is -0.270. The Balaban J connectivity index is 1.90. The Morgan fingerprint density at radius 3 is 2.67 bits per heavy atom. The average molecular weight is 369 g/mol. The van der Waals surface area contributed by atoms with Gasteiger partial charge in [0.15, 0.2) is 0 Å². The lowest BCUT2D eigenvalue weighted by molar-refractivity contribution is 0.0473. The number of carbonyl (C=O) groups is 1. The number of nitrogens with zero attached hydrogens (tertiary/aromatic N) is 3. The van der Waals surface area contributed by atoms with Crippen LogP contribution in [0.5, 0.6) is 0 Å². The van der Waals surface area contributed by atoms with Crippen LogP contribution in [0, 0.1) is 6.92 Å². The van der Waals surface area contributed by atoms with E-state index in [9.17, 15) is 9.59 Å². The number of furan rings is 1. The second kappa shape index (κ2) is 7.65. The summed E-state index contributed by atoms with van der Waals surface area (Å²) >= 11 is 0. The first-order valence-electron chi connectivity index (χ1n) is 8.92. The molecule has 0 unspecified atom stereocenters. The van der Waals surface area contributed by atoms with Crippen LogP contribution in [0.25, 0.3) is 11.1 Å². The normalized spacial score (nSPS) is 11.0. The summed E-state index contributed by atoms with van der Waals surface area (Å²) in [6, 6.07) is 7.81. The second-order valence-electron chi connectivity index (χ2n) is 6.25. The van der Waals surface area contributed by atoms with Gasteiger partial charge in [0.05, 0.1) is 0 Å². The van der Waals surface area contributed by atoms with Gasteiger partial charge in [-0.15, -0.1) is 0 Å². The highest BCUT2D eigenvalue weighted by Gasteiger charge is 2.24. The van der Waals surface area contributed by atoms with Crippen molar-refractivity contribution in [1.29, 1.82) is 0 Å². The number of carbonyl (C=O) groups excluding carboxylic acids is 1. The number of hydrogen-bond acceptors (Lipinski definition) is 6. The molecule has 0 bridgehead atoms. The standard InChI is InChI=1S/C20H23N3O4/c1-5-23(6-2)15-10-8-7-9-14(15)11-26-20(25)16-13(3)27-18-17(16)19(24)22(4)12-21-18/h7-10,12H,5-6,11H2,1-4H3. The maximum absolute atomic E-state index is 12.7. The van der Waals surface area contributed by atoms with Crippen LogP contribution in [-0.4, -0.2) is 28.6 Å². The summed E-state index contributed by atoms with van der Waals surface area (Å²) in [7, 11) is 1.58. The van der Waals surface area contributed by atoms with Crippen molar-refractivity contribution in [2.24, 2.45) is 7.05 Å². The zero-order chi connectivity index (χ0) is 19.6. The van der Waals surface area contributed by atoms with Gasteiger partial charge in [-0.05, 0) is 26.8 Å². The number of ether oxygens (including phenoxy) is 1. The first-order valence-corrected chi connectivity index (χ1v) is 8.92. The molecule has 0 saturated heterocycles. The van der Waals surface area contributed by atoms with Gasteiger partial charge < -0.3 is 18.6 Å². The zero-order valence-corrected chi connectivity index (χ0v) is 16.0. The molecule has 27 heavy (non-hydrogen) atoms. The monoisotopic (exact) mass is 369 g/mol. The van der Waals surface area contributed by atoms with Crippen molar-refractivity contribution in [2.45, 2.75) is 27.4 Å². The van der Waals surface area contributed by atoms with Crippen molar-refractivity contribution >= 4 is 22.8 Å². The van der Waals surface area contributed by atoms with Crippen molar-refractivity contribution in [3.63, 3.8) is 0 Å². The molecular formula is C20H23N3O4. The molecule has 0 atom stereocenters. The van der Waals surface area contributed by atoms with Gasteiger partial charge in [-0.1, -0.05) is 18.2 Å². The lowest BCUT2D eigenvalue weighted by atomic mass is 10.1. The molecular weight excluding hydrogens is 346 g/mol. The van der Waals surface area contributed by atoms with Gasteiger partial charge in [-0.3, -0.25) is 4.79 Å². The third-order valence-electron chi connectivity index (χ3n) is 4.61. The van der Waals surface area contributed by atoms with E-state index in [1.54, 1.807) is 14.0 Å². The highest BCUT2D eigenvalue weighted by molar-refractivity contribution is 6.03. The summed E-state index contributed by atoms with van der Waals surface area (Å²) in [6.45, 7) is 7.61.